The zero-order valence-corrected chi connectivity index (χ0v) is 17.1. The number of halogens is 2. The number of sulfonamides is 1. The Bertz CT molecular complexity index is 968. The summed E-state index contributed by atoms with van der Waals surface area (Å²) in [6, 6.07) is 8.58. The van der Waals surface area contributed by atoms with Crippen LogP contribution in [0.4, 0.5) is 10.1 Å². The summed E-state index contributed by atoms with van der Waals surface area (Å²) in [5, 5.41) is 2.40. The molecule has 0 aromatic heterocycles. The zero-order valence-electron chi connectivity index (χ0n) is 15.5. The first-order valence-electron chi connectivity index (χ1n) is 8.06. The molecule has 152 valence electrons. The van der Waals surface area contributed by atoms with Crippen LogP contribution in [0.1, 0.15) is 5.56 Å². The van der Waals surface area contributed by atoms with Crippen molar-refractivity contribution < 1.29 is 27.1 Å². The topological polar surface area (TPSA) is 84.9 Å². The van der Waals surface area contributed by atoms with Gasteiger partial charge in [-0.15, -0.1) is 0 Å². The molecule has 1 N–H and O–H groups in total. The van der Waals surface area contributed by atoms with Crippen LogP contribution in [-0.4, -0.2) is 41.3 Å². The van der Waals surface area contributed by atoms with Crippen LogP contribution in [0, 0.1) is 5.82 Å². The van der Waals surface area contributed by atoms with Crippen LogP contribution in [0.5, 0.6) is 11.5 Å². The van der Waals surface area contributed by atoms with Gasteiger partial charge in [0.25, 0.3) is 0 Å². The van der Waals surface area contributed by atoms with Crippen molar-refractivity contribution in [1.82, 2.24) is 5.32 Å². The molecule has 7 nitrogen and oxygen atoms in total. The van der Waals surface area contributed by atoms with E-state index >= 15 is 0 Å². The van der Waals surface area contributed by atoms with Crippen LogP contribution in [0.2, 0.25) is 5.02 Å². The van der Waals surface area contributed by atoms with Gasteiger partial charge >= 0.3 is 0 Å². The summed E-state index contributed by atoms with van der Waals surface area (Å²) in [6.45, 7) is -0.324. The fourth-order valence-electron chi connectivity index (χ4n) is 2.42. The van der Waals surface area contributed by atoms with Crippen molar-refractivity contribution in [3.63, 3.8) is 0 Å². The minimum atomic E-state index is -3.79. The summed E-state index contributed by atoms with van der Waals surface area (Å²) >= 11 is 5.72. The Morgan fingerprint density at radius 1 is 1.14 bits per heavy atom. The zero-order chi connectivity index (χ0) is 20.9. The van der Waals surface area contributed by atoms with Crippen molar-refractivity contribution in [2.24, 2.45) is 0 Å². The van der Waals surface area contributed by atoms with Crippen LogP contribution < -0.4 is 19.1 Å². The molecule has 0 atom stereocenters. The van der Waals surface area contributed by atoms with Gasteiger partial charge in [0.05, 0.1) is 31.2 Å². The number of ether oxygens (including phenoxy) is 2. The van der Waals surface area contributed by atoms with Gasteiger partial charge in [-0.2, -0.15) is 0 Å². The van der Waals surface area contributed by atoms with Crippen molar-refractivity contribution in [2.75, 3.05) is 31.3 Å². The van der Waals surface area contributed by atoms with E-state index in [1.165, 1.54) is 20.3 Å². The van der Waals surface area contributed by atoms with E-state index in [-0.39, 0.29) is 17.3 Å². The molecule has 10 heteroatoms. The molecule has 0 radical (unpaired) electrons. The van der Waals surface area contributed by atoms with Gasteiger partial charge in [-0.05, 0) is 35.9 Å². The van der Waals surface area contributed by atoms with Gasteiger partial charge < -0.3 is 14.8 Å². The Balaban J connectivity index is 2.11. The van der Waals surface area contributed by atoms with E-state index < -0.39 is 28.3 Å². The van der Waals surface area contributed by atoms with E-state index in [2.05, 4.69) is 5.32 Å². The van der Waals surface area contributed by atoms with Gasteiger partial charge in [0, 0.05) is 6.54 Å². The Morgan fingerprint density at radius 3 is 2.39 bits per heavy atom. The van der Waals surface area contributed by atoms with E-state index in [1.54, 1.807) is 18.2 Å². The highest BCUT2D eigenvalue weighted by Crippen LogP contribution is 2.27. The molecule has 1 amide bonds. The van der Waals surface area contributed by atoms with Crippen LogP contribution in [0.15, 0.2) is 36.4 Å². The lowest BCUT2D eigenvalue weighted by atomic mass is 10.2. The number of nitrogens with one attached hydrogen (secondary N) is 1. The molecule has 0 heterocycles. The standard InChI is InChI=1S/C18H20ClFN2O5S/c1-26-16-7-4-12(8-17(16)27-2)10-21-18(23)11-22(28(3,24)25)13-5-6-15(20)14(19)9-13/h4-9H,10-11H2,1-3H3,(H,21,23). The molecule has 0 unspecified atom stereocenters. The Labute approximate surface area is 168 Å². The first-order chi connectivity index (χ1) is 13.2. The van der Waals surface area contributed by atoms with Gasteiger partial charge in [0.15, 0.2) is 11.5 Å². The molecule has 0 spiro atoms. The second-order valence-electron chi connectivity index (χ2n) is 5.83. The maximum absolute atomic E-state index is 13.3. The molecule has 28 heavy (non-hydrogen) atoms. The molecule has 0 fully saturated rings. The molecule has 2 rings (SSSR count). The van der Waals surface area contributed by atoms with Gasteiger partial charge in [-0.1, -0.05) is 17.7 Å². The highest BCUT2D eigenvalue weighted by molar-refractivity contribution is 7.92. The van der Waals surface area contributed by atoms with Gasteiger partial charge in [0.2, 0.25) is 15.9 Å². The van der Waals surface area contributed by atoms with E-state index in [1.807, 2.05) is 0 Å². The number of nitrogens with zero attached hydrogens (tertiary/aromatic N) is 1. The van der Waals surface area contributed by atoms with Gasteiger partial charge in [-0.3, -0.25) is 9.10 Å². The summed E-state index contributed by atoms with van der Waals surface area (Å²) < 4.78 is 48.7. The average molecular weight is 431 g/mol. The van der Waals surface area contributed by atoms with Crippen molar-refractivity contribution in [3.05, 3.63) is 52.8 Å². The molecule has 2 aromatic rings. The third kappa shape index (κ3) is 5.49. The van der Waals surface area contributed by atoms with Crippen molar-refractivity contribution in [3.8, 4) is 11.5 Å². The molecule has 0 saturated carbocycles. The van der Waals surface area contributed by atoms with E-state index in [0.29, 0.717) is 11.5 Å². The SMILES string of the molecule is COc1ccc(CNC(=O)CN(c2ccc(F)c(Cl)c2)S(C)(=O)=O)cc1OC. The first-order valence-corrected chi connectivity index (χ1v) is 10.3. The largest absolute Gasteiger partial charge is 0.493 e. The second kappa shape index (κ2) is 9.11. The maximum Gasteiger partial charge on any atom is 0.241 e. The minimum Gasteiger partial charge on any atom is -0.493 e. The van der Waals surface area contributed by atoms with E-state index in [0.717, 1.165) is 28.3 Å². The fourth-order valence-corrected chi connectivity index (χ4v) is 3.44. The number of amides is 1. The number of carbonyl (C=O) groups excluding carboxylic acids is 1. The minimum absolute atomic E-state index is 0.0927. The van der Waals surface area contributed by atoms with Gasteiger partial charge in [0.1, 0.15) is 12.4 Å². The molecule has 0 bridgehead atoms. The smallest absolute Gasteiger partial charge is 0.241 e. The number of carbonyl (C=O) groups is 1. The van der Waals surface area contributed by atoms with Crippen LogP contribution in [-0.2, 0) is 21.4 Å². The average Bonchev–Trinajstić information content (AvgIpc) is 2.65. The number of benzene rings is 2. The van der Waals surface area contributed by atoms with Crippen molar-refractivity contribution >= 4 is 33.2 Å². The lowest BCUT2D eigenvalue weighted by Crippen LogP contribution is -2.40. The fraction of sp³-hybridized carbons (Fsp3) is 0.278. The second-order valence-corrected chi connectivity index (χ2v) is 8.15. The summed E-state index contributed by atoms with van der Waals surface area (Å²) in [5.41, 5.74) is 0.830. The van der Waals surface area contributed by atoms with Crippen LogP contribution in [0.25, 0.3) is 0 Å². The Kier molecular flexibility index (Phi) is 7.09. The summed E-state index contributed by atoms with van der Waals surface area (Å²) in [7, 11) is -0.778. The Hall–Kier alpha value is -2.52. The summed E-state index contributed by atoms with van der Waals surface area (Å²) in [6.07, 6.45) is 0.950. The quantitative estimate of drug-likeness (QED) is 0.695. The van der Waals surface area contributed by atoms with E-state index in [9.17, 15) is 17.6 Å². The van der Waals surface area contributed by atoms with Crippen LogP contribution in [0.3, 0.4) is 0 Å². The normalized spacial score (nSPS) is 11.0. The number of hydrogen-bond donors (Lipinski definition) is 1. The van der Waals surface area contributed by atoms with E-state index in [4.69, 9.17) is 21.1 Å². The molecule has 0 saturated heterocycles. The highest BCUT2D eigenvalue weighted by atomic mass is 35.5. The van der Waals surface area contributed by atoms with Gasteiger partial charge in [-0.25, -0.2) is 12.8 Å². The molecular formula is C18H20ClFN2O5S. The third-order valence-electron chi connectivity index (χ3n) is 3.82. The molecule has 0 aliphatic carbocycles. The summed E-state index contributed by atoms with van der Waals surface area (Å²) in [4.78, 5) is 12.3. The number of rotatable bonds is 8. The number of anilines is 1. The number of methoxy groups -OCH3 is 2. The molecule has 0 aliphatic rings. The lowest BCUT2D eigenvalue weighted by molar-refractivity contribution is -0.119. The summed E-state index contributed by atoms with van der Waals surface area (Å²) in [5.74, 6) is -0.167. The maximum atomic E-state index is 13.3. The monoisotopic (exact) mass is 430 g/mol. The third-order valence-corrected chi connectivity index (χ3v) is 5.25. The Morgan fingerprint density at radius 2 is 1.82 bits per heavy atom. The number of hydrogen-bond acceptors (Lipinski definition) is 5. The van der Waals surface area contributed by atoms with Crippen LogP contribution >= 0.6 is 11.6 Å². The predicted octanol–water partition coefficient (Wildman–Crippen LogP) is 2.58. The molecular weight excluding hydrogens is 411 g/mol. The first kappa shape index (κ1) is 21.8. The molecule has 2 aromatic carbocycles. The van der Waals surface area contributed by atoms with Crippen molar-refractivity contribution in [1.29, 1.82) is 0 Å². The lowest BCUT2D eigenvalue weighted by Gasteiger charge is -2.22. The molecule has 0 aliphatic heterocycles. The highest BCUT2D eigenvalue weighted by Gasteiger charge is 2.21. The van der Waals surface area contributed by atoms with Crippen molar-refractivity contribution in [2.45, 2.75) is 6.54 Å². The predicted molar refractivity (Wildman–Crippen MR) is 105 cm³/mol.